The van der Waals surface area contributed by atoms with Crippen molar-refractivity contribution in [1.29, 1.82) is 0 Å². The number of carbonyl (C=O) groups excluding carboxylic acids is 3. The van der Waals surface area contributed by atoms with E-state index in [4.69, 9.17) is 4.42 Å². The molecule has 0 bridgehead atoms. The molecule has 1 atom stereocenters. The van der Waals surface area contributed by atoms with Gasteiger partial charge < -0.3 is 20.0 Å². The van der Waals surface area contributed by atoms with Crippen LogP contribution in [0.2, 0.25) is 0 Å². The van der Waals surface area contributed by atoms with Gasteiger partial charge in [-0.05, 0) is 55.2 Å². The summed E-state index contributed by atoms with van der Waals surface area (Å²) in [6, 6.07) is 20.9. The minimum Gasteiger partial charge on any atom is -0.467 e. The normalized spacial score (nSPS) is 15.0. The highest BCUT2D eigenvalue weighted by Gasteiger charge is 2.34. The highest BCUT2D eigenvalue weighted by molar-refractivity contribution is 5.97. The standard InChI is InChI=1S/C26H27N3O4/c30-24(20-8-3-1-4-9-20)28-23(25(31)27-18-22-12-7-17-33-22)19-13-15-29(16-14-19)26(32)21-10-5-2-6-11-21/h1-12,17,19,23H,13-16,18H2,(H,27,31)(H,28,30). The van der Waals surface area contributed by atoms with E-state index in [0.717, 1.165) is 0 Å². The summed E-state index contributed by atoms with van der Waals surface area (Å²) >= 11 is 0. The molecule has 7 heteroatoms. The van der Waals surface area contributed by atoms with Gasteiger partial charge in [-0.25, -0.2) is 0 Å². The fraction of sp³-hybridized carbons (Fsp3) is 0.269. The van der Waals surface area contributed by atoms with Gasteiger partial charge in [-0.15, -0.1) is 0 Å². The molecule has 7 nitrogen and oxygen atoms in total. The largest absolute Gasteiger partial charge is 0.467 e. The number of nitrogens with one attached hydrogen (secondary N) is 2. The molecular formula is C26H27N3O4. The molecule has 0 aliphatic carbocycles. The Labute approximate surface area is 192 Å². The lowest BCUT2D eigenvalue weighted by Gasteiger charge is -2.35. The molecule has 1 fully saturated rings. The molecule has 2 heterocycles. The third-order valence-electron chi connectivity index (χ3n) is 5.94. The number of carbonyl (C=O) groups is 3. The van der Waals surface area contributed by atoms with Gasteiger partial charge in [0.2, 0.25) is 5.91 Å². The Balaban J connectivity index is 1.43. The zero-order valence-electron chi connectivity index (χ0n) is 18.3. The van der Waals surface area contributed by atoms with E-state index in [2.05, 4.69) is 10.6 Å². The Morgan fingerprint density at radius 1 is 0.879 bits per heavy atom. The van der Waals surface area contributed by atoms with E-state index in [0.29, 0.717) is 42.8 Å². The van der Waals surface area contributed by atoms with Crippen LogP contribution >= 0.6 is 0 Å². The van der Waals surface area contributed by atoms with Crippen molar-refractivity contribution in [3.05, 3.63) is 95.9 Å². The number of likely N-dealkylation sites (tertiary alicyclic amines) is 1. The van der Waals surface area contributed by atoms with E-state index in [-0.39, 0.29) is 30.2 Å². The lowest BCUT2D eigenvalue weighted by molar-refractivity contribution is -0.124. The van der Waals surface area contributed by atoms with E-state index < -0.39 is 6.04 Å². The maximum absolute atomic E-state index is 13.1. The van der Waals surface area contributed by atoms with E-state index in [1.807, 2.05) is 29.2 Å². The summed E-state index contributed by atoms with van der Waals surface area (Å²) in [6.07, 6.45) is 2.79. The second kappa shape index (κ2) is 10.6. The lowest BCUT2D eigenvalue weighted by Crippen LogP contribution is -2.53. The lowest BCUT2D eigenvalue weighted by atomic mass is 9.88. The SMILES string of the molecule is O=C(NC(C(=O)NCc1ccco1)C1CCN(C(=O)c2ccccc2)CC1)c1ccccc1. The van der Waals surface area contributed by atoms with Crippen molar-refractivity contribution in [2.45, 2.75) is 25.4 Å². The maximum Gasteiger partial charge on any atom is 0.253 e. The molecule has 2 N–H and O–H groups in total. The summed E-state index contributed by atoms with van der Waals surface area (Å²) in [4.78, 5) is 40.5. The second-order valence-electron chi connectivity index (χ2n) is 8.11. The number of rotatable bonds is 7. The van der Waals surface area contributed by atoms with Crippen molar-refractivity contribution in [3.63, 3.8) is 0 Å². The minimum atomic E-state index is -0.707. The van der Waals surface area contributed by atoms with Crippen LogP contribution in [0.4, 0.5) is 0 Å². The van der Waals surface area contributed by atoms with Gasteiger partial charge in [0.05, 0.1) is 12.8 Å². The van der Waals surface area contributed by atoms with Gasteiger partial charge >= 0.3 is 0 Å². The Kier molecular flexibility index (Phi) is 7.19. The fourth-order valence-corrected chi connectivity index (χ4v) is 4.11. The molecule has 1 aromatic heterocycles. The van der Waals surface area contributed by atoms with Gasteiger partial charge in [-0.2, -0.15) is 0 Å². The molecule has 1 saturated heterocycles. The summed E-state index contributed by atoms with van der Waals surface area (Å²) in [6.45, 7) is 1.30. The Morgan fingerprint density at radius 3 is 2.12 bits per heavy atom. The Bertz CT molecular complexity index is 1060. The summed E-state index contributed by atoms with van der Waals surface area (Å²) < 4.78 is 5.30. The van der Waals surface area contributed by atoms with Gasteiger partial charge in [0, 0.05) is 24.2 Å². The molecule has 3 aromatic rings. The van der Waals surface area contributed by atoms with E-state index in [1.54, 1.807) is 54.8 Å². The number of furan rings is 1. The number of benzene rings is 2. The molecule has 170 valence electrons. The first-order chi connectivity index (χ1) is 16.1. The highest BCUT2D eigenvalue weighted by Crippen LogP contribution is 2.23. The van der Waals surface area contributed by atoms with E-state index in [9.17, 15) is 14.4 Å². The van der Waals surface area contributed by atoms with Gasteiger partial charge in [0.15, 0.2) is 0 Å². The molecule has 3 amide bonds. The van der Waals surface area contributed by atoms with Crippen LogP contribution in [0.1, 0.15) is 39.3 Å². The van der Waals surface area contributed by atoms with E-state index >= 15 is 0 Å². The van der Waals surface area contributed by atoms with Crippen LogP contribution in [0.25, 0.3) is 0 Å². The topological polar surface area (TPSA) is 91.7 Å². The first-order valence-corrected chi connectivity index (χ1v) is 11.1. The van der Waals surface area contributed by atoms with Gasteiger partial charge in [-0.1, -0.05) is 36.4 Å². The summed E-state index contributed by atoms with van der Waals surface area (Å²) in [7, 11) is 0. The zero-order chi connectivity index (χ0) is 23.0. The van der Waals surface area contributed by atoms with Crippen molar-refractivity contribution >= 4 is 17.7 Å². The highest BCUT2D eigenvalue weighted by atomic mass is 16.3. The van der Waals surface area contributed by atoms with E-state index in [1.165, 1.54) is 0 Å². The molecule has 1 unspecified atom stereocenters. The molecule has 33 heavy (non-hydrogen) atoms. The quantitative estimate of drug-likeness (QED) is 0.584. The molecule has 2 aromatic carbocycles. The van der Waals surface area contributed by atoms with Crippen LogP contribution < -0.4 is 10.6 Å². The summed E-state index contributed by atoms with van der Waals surface area (Å²) in [5.41, 5.74) is 1.15. The third kappa shape index (κ3) is 5.68. The number of piperidine rings is 1. The van der Waals surface area contributed by atoms with Crippen LogP contribution in [0, 0.1) is 5.92 Å². The van der Waals surface area contributed by atoms with Crippen molar-refractivity contribution < 1.29 is 18.8 Å². The average Bonchev–Trinajstić information content (AvgIpc) is 3.40. The predicted molar refractivity (Wildman–Crippen MR) is 123 cm³/mol. The zero-order valence-corrected chi connectivity index (χ0v) is 18.3. The van der Waals surface area contributed by atoms with Crippen molar-refractivity contribution in [2.24, 2.45) is 5.92 Å². The molecule has 0 radical (unpaired) electrons. The molecule has 4 rings (SSSR count). The predicted octanol–water partition coefficient (Wildman–Crippen LogP) is 3.25. The molecule has 1 aliphatic rings. The third-order valence-corrected chi connectivity index (χ3v) is 5.94. The molecule has 0 spiro atoms. The van der Waals surface area contributed by atoms with Gasteiger partial charge in [0.25, 0.3) is 11.8 Å². The Hall–Kier alpha value is -3.87. The van der Waals surface area contributed by atoms with Crippen molar-refractivity contribution in [3.8, 4) is 0 Å². The average molecular weight is 446 g/mol. The monoisotopic (exact) mass is 445 g/mol. The van der Waals surface area contributed by atoms with Gasteiger partial charge in [-0.3, -0.25) is 14.4 Å². The first-order valence-electron chi connectivity index (χ1n) is 11.1. The number of amides is 3. The first kappa shape index (κ1) is 22.3. The van der Waals surface area contributed by atoms with Crippen molar-refractivity contribution in [2.75, 3.05) is 13.1 Å². The number of hydrogen-bond donors (Lipinski definition) is 2. The van der Waals surface area contributed by atoms with Crippen LogP contribution in [-0.4, -0.2) is 41.8 Å². The Morgan fingerprint density at radius 2 is 1.52 bits per heavy atom. The van der Waals surface area contributed by atoms with Crippen LogP contribution in [0.15, 0.2) is 83.5 Å². The second-order valence-corrected chi connectivity index (χ2v) is 8.11. The van der Waals surface area contributed by atoms with Crippen LogP contribution in [0.3, 0.4) is 0 Å². The molecule has 1 aliphatic heterocycles. The smallest absolute Gasteiger partial charge is 0.253 e. The summed E-state index contributed by atoms with van der Waals surface area (Å²) in [5.74, 6) is -0.0184. The number of nitrogens with zero attached hydrogens (tertiary/aromatic N) is 1. The maximum atomic E-state index is 13.1. The fourth-order valence-electron chi connectivity index (χ4n) is 4.11. The summed E-state index contributed by atoms with van der Waals surface area (Å²) in [5, 5.41) is 5.79. The van der Waals surface area contributed by atoms with Crippen LogP contribution in [-0.2, 0) is 11.3 Å². The molecular weight excluding hydrogens is 418 g/mol. The van der Waals surface area contributed by atoms with Gasteiger partial charge in [0.1, 0.15) is 11.8 Å². The van der Waals surface area contributed by atoms with Crippen LogP contribution in [0.5, 0.6) is 0 Å². The minimum absolute atomic E-state index is 0.0128. The molecule has 0 saturated carbocycles. The van der Waals surface area contributed by atoms with Crippen molar-refractivity contribution in [1.82, 2.24) is 15.5 Å². The number of hydrogen-bond acceptors (Lipinski definition) is 4.